The normalized spacial score (nSPS) is 14.0. The molecule has 10 nitrogen and oxygen atoms in total. The molecule has 3 heterocycles. The number of pyridine rings is 1. The van der Waals surface area contributed by atoms with E-state index in [1.54, 1.807) is 47.5 Å². The molecule has 5 rings (SSSR count). The predicted molar refractivity (Wildman–Crippen MR) is 126 cm³/mol. The Morgan fingerprint density at radius 3 is 2.59 bits per heavy atom. The minimum atomic E-state index is -3.53. The molecule has 0 aliphatic heterocycles. The Kier molecular flexibility index (Phi) is 5.58. The van der Waals surface area contributed by atoms with Crippen LogP contribution in [0.2, 0.25) is 0 Å². The summed E-state index contributed by atoms with van der Waals surface area (Å²) >= 11 is 0. The van der Waals surface area contributed by atoms with Crippen molar-refractivity contribution in [3.63, 3.8) is 0 Å². The third kappa shape index (κ3) is 4.39. The summed E-state index contributed by atoms with van der Waals surface area (Å²) in [5, 5.41) is 5.00. The third-order valence-corrected chi connectivity index (χ3v) is 6.99. The van der Waals surface area contributed by atoms with Gasteiger partial charge in [0.1, 0.15) is 5.69 Å². The maximum atomic E-state index is 13.1. The molecule has 176 valence electrons. The number of amides is 1. The molecule has 0 atom stereocenters. The van der Waals surface area contributed by atoms with E-state index in [9.17, 15) is 13.2 Å². The molecule has 1 aliphatic rings. The number of hydrazine groups is 1. The molecule has 1 amide bonds. The quantitative estimate of drug-likeness (QED) is 0.329. The second-order valence-electron chi connectivity index (χ2n) is 8.45. The van der Waals surface area contributed by atoms with Crippen LogP contribution in [0.15, 0.2) is 64.2 Å². The van der Waals surface area contributed by atoms with E-state index in [0.717, 1.165) is 12.8 Å². The van der Waals surface area contributed by atoms with Gasteiger partial charge in [0.15, 0.2) is 11.4 Å². The molecule has 1 aliphatic carbocycles. The number of hydrogen-bond acceptors (Lipinski definition) is 7. The van der Waals surface area contributed by atoms with Crippen molar-refractivity contribution in [1.82, 2.24) is 24.9 Å². The lowest BCUT2D eigenvalue weighted by Gasteiger charge is -2.12. The first-order valence-electron chi connectivity index (χ1n) is 10.9. The van der Waals surface area contributed by atoms with E-state index in [0.29, 0.717) is 33.7 Å². The van der Waals surface area contributed by atoms with Gasteiger partial charge in [0.05, 0.1) is 34.0 Å². The average Bonchev–Trinajstić information content (AvgIpc) is 3.27. The van der Waals surface area contributed by atoms with E-state index in [4.69, 9.17) is 4.42 Å². The van der Waals surface area contributed by atoms with Crippen molar-refractivity contribution in [3.8, 4) is 11.5 Å². The molecule has 4 aromatic rings. The first kappa shape index (κ1) is 22.1. The van der Waals surface area contributed by atoms with Crippen LogP contribution in [0.3, 0.4) is 0 Å². The molecule has 1 saturated carbocycles. The summed E-state index contributed by atoms with van der Waals surface area (Å²) < 4.78 is 34.5. The van der Waals surface area contributed by atoms with Crippen molar-refractivity contribution < 1.29 is 17.6 Å². The molecule has 0 bridgehead atoms. The number of carbonyl (C=O) groups excluding carboxylic acids is 1. The number of rotatable bonds is 8. The van der Waals surface area contributed by atoms with Gasteiger partial charge in [-0.15, -0.1) is 0 Å². The number of anilines is 1. The predicted octanol–water partition coefficient (Wildman–Crippen LogP) is 3.47. The van der Waals surface area contributed by atoms with Crippen LogP contribution in [-0.2, 0) is 10.0 Å². The van der Waals surface area contributed by atoms with Crippen LogP contribution >= 0.6 is 0 Å². The summed E-state index contributed by atoms with van der Waals surface area (Å²) in [6.07, 6.45) is 4.90. The molecule has 11 heteroatoms. The first-order chi connectivity index (χ1) is 16.3. The minimum Gasteiger partial charge on any atom is -0.463 e. The molecule has 0 spiro atoms. The largest absolute Gasteiger partial charge is 0.463 e. The highest BCUT2D eigenvalue weighted by molar-refractivity contribution is 7.89. The number of furan rings is 1. The fraction of sp³-hybridized carbons (Fsp3) is 0.261. The SMILES string of the molecule is CC(C)n1ncc2c(C(=O)NNc3ccc(S(=O)(=O)NC4CC4)cc3)cc(-c3ccco3)nc21. The van der Waals surface area contributed by atoms with Crippen molar-refractivity contribution >= 4 is 32.7 Å². The molecular weight excluding hydrogens is 456 g/mol. The van der Waals surface area contributed by atoms with Crippen LogP contribution in [0.25, 0.3) is 22.5 Å². The smallest absolute Gasteiger partial charge is 0.270 e. The van der Waals surface area contributed by atoms with Gasteiger partial charge in [0.25, 0.3) is 5.91 Å². The Morgan fingerprint density at radius 2 is 1.94 bits per heavy atom. The molecule has 0 radical (unpaired) electrons. The number of aromatic nitrogens is 3. The zero-order valence-electron chi connectivity index (χ0n) is 18.6. The van der Waals surface area contributed by atoms with E-state index in [1.165, 1.54) is 12.1 Å². The lowest BCUT2D eigenvalue weighted by atomic mass is 10.1. The van der Waals surface area contributed by atoms with Crippen molar-refractivity contribution in [3.05, 3.63) is 60.5 Å². The number of carbonyl (C=O) groups is 1. The van der Waals surface area contributed by atoms with E-state index in [-0.39, 0.29) is 17.0 Å². The van der Waals surface area contributed by atoms with Crippen molar-refractivity contribution in [2.75, 3.05) is 5.43 Å². The van der Waals surface area contributed by atoms with Gasteiger partial charge >= 0.3 is 0 Å². The number of fused-ring (bicyclic) bond motifs is 1. The lowest BCUT2D eigenvalue weighted by molar-refractivity contribution is 0.0964. The third-order valence-electron chi connectivity index (χ3n) is 5.46. The van der Waals surface area contributed by atoms with E-state index in [1.807, 2.05) is 13.8 Å². The molecular formula is C23H24N6O4S. The van der Waals surface area contributed by atoms with Gasteiger partial charge in [-0.25, -0.2) is 22.8 Å². The summed E-state index contributed by atoms with van der Waals surface area (Å²) in [6.45, 7) is 3.97. The fourth-order valence-electron chi connectivity index (χ4n) is 3.54. The van der Waals surface area contributed by atoms with Gasteiger partial charge in [-0.05, 0) is 69.2 Å². The Labute approximate surface area is 196 Å². The van der Waals surface area contributed by atoms with Crippen molar-refractivity contribution in [1.29, 1.82) is 0 Å². The molecule has 1 aromatic carbocycles. The summed E-state index contributed by atoms with van der Waals surface area (Å²) in [7, 11) is -3.53. The van der Waals surface area contributed by atoms with E-state index < -0.39 is 15.9 Å². The molecule has 3 N–H and O–H groups in total. The van der Waals surface area contributed by atoms with Crippen LogP contribution in [0, 0.1) is 0 Å². The highest BCUT2D eigenvalue weighted by Crippen LogP contribution is 2.27. The molecule has 0 unspecified atom stereocenters. The Bertz CT molecular complexity index is 1440. The minimum absolute atomic E-state index is 0.0328. The van der Waals surface area contributed by atoms with Crippen molar-refractivity contribution in [2.45, 2.75) is 43.7 Å². The Hall–Kier alpha value is -3.70. The van der Waals surface area contributed by atoms with E-state index in [2.05, 4.69) is 25.7 Å². The average molecular weight is 481 g/mol. The molecule has 3 aromatic heterocycles. The zero-order chi connectivity index (χ0) is 23.9. The standard InChI is InChI=1S/C23H24N6O4S/c1-14(2)29-22-19(13-24-29)18(12-20(25-22)21-4-3-11-33-21)23(30)27-26-15-7-9-17(10-8-15)34(31,32)28-16-5-6-16/h3-4,7-14,16,26,28H,5-6H2,1-2H3,(H,27,30). The number of sulfonamides is 1. The number of nitrogens with zero attached hydrogens (tertiary/aromatic N) is 3. The van der Waals surface area contributed by atoms with Crippen LogP contribution in [0.1, 0.15) is 43.1 Å². The number of nitrogens with one attached hydrogen (secondary N) is 3. The maximum Gasteiger partial charge on any atom is 0.270 e. The van der Waals surface area contributed by atoms with Crippen LogP contribution in [0.5, 0.6) is 0 Å². The Balaban J connectivity index is 1.38. The maximum absolute atomic E-state index is 13.1. The fourth-order valence-corrected chi connectivity index (χ4v) is 4.84. The van der Waals surface area contributed by atoms with Crippen molar-refractivity contribution in [2.24, 2.45) is 0 Å². The van der Waals surface area contributed by atoms with Gasteiger partial charge < -0.3 is 4.42 Å². The van der Waals surface area contributed by atoms with Gasteiger partial charge in [0.2, 0.25) is 10.0 Å². The summed E-state index contributed by atoms with van der Waals surface area (Å²) in [5.74, 6) is 0.146. The summed E-state index contributed by atoms with van der Waals surface area (Å²) in [5.41, 5.74) is 7.51. The highest BCUT2D eigenvalue weighted by Gasteiger charge is 2.28. The number of benzene rings is 1. The van der Waals surface area contributed by atoms with Crippen LogP contribution in [-0.4, -0.2) is 35.1 Å². The summed E-state index contributed by atoms with van der Waals surface area (Å²) in [6, 6.07) is 11.4. The van der Waals surface area contributed by atoms with E-state index >= 15 is 0 Å². The van der Waals surface area contributed by atoms with Crippen LogP contribution in [0.4, 0.5) is 5.69 Å². The molecule has 34 heavy (non-hydrogen) atoms. The summed E-state index contributed by atoms with van der Waals surface area (Å²) in [4.78, 5) is 18.0. The second-order valence-corrected chi connectivity index (χ2v) is 10.2. The van der Waals surface area contributed by atoms with Crippen LogP contribution < -0.4 is 15.6 Å². The first-order valence-corrected chi connectivity index (χ1v) is 12.4. The van der Waals surface area contributed by atoms with Gasteiger partial charge in [-0.3, -0.25) is 15.6 Å². The Morgan fingerprint density at radius 1 is 1.18 bits per heavy atom. The lowest BCUT2D eigenvalue weighted by Crippen LogP contribution is -2.29. The second kappa shape index (κ2) is 8.58. The topological polar surface area (TPSA) is 131 Å². The molecule has 0 saturated heterocycles. The van der Waals surface area contributed by atoms with Gasteiger partial charge in [-0.1, -0.05) is 0 Å². The zero-order valence-corrected chi connectivity index (χ0v) is 19.5. The molecule has 1 fully saturated rings. The monoisotopic (exact) mass is 480 g/mol. The number of hydrogen-bond donors (Lipinski definition) is 3. The van der Waals surface area contributed by atoms with Gasteiger partial charge in [-0.2, -0.15) is 5.10 Å². The highest BCUT2D eigenvalue weighted by atomic mass is 32.2. The van der Waals surface area contributed by atoms with Gasteiger partial charge in [0, 0.05) is 12.1 Å².